The summed E-state index contributed by atoms with van der Waals surface area (Å²) in [7, 11) is 0. The molecule has 2 rings (SSSR count). The first-order chi connectivity index (χ1) is 7.20. The average molecular weight is 264 g/mol. The summed E-state index contributed by atoms with van der Waals surface area (Å²) in [6, 6.07) is 13.3. The molecule has 0 saturated carbocycles. The summed E-state index contributed by atoms with van der Waals surface area (Å²) in [5.41, 5.74) is 1.62. The third kappa shape index (κ3) is 1.88. The van der Waals surface area contributed by atoms with Gasteiger partial charge in [0.1, 0.15) is 0 Å². The highest BCUT2D eigenvalue weighted by Gasteiger charge is 2.05. The molecule has 0 bridgehead atoms. The minimum absolute atomic E-state index is 0.00979. The summed E-state index contributed by atoms with van der Waals surface area (Å²) in [6.07, 6.45) is 0. The van der Waals surface area contributed by atoms with E-state index in [0.29, 0.717) is 0 Å². The van der Waals surface area contributed by atoms with Crippen LogP contribution < -0.4 is 5.56 Å². The highest BCUT2D eigenvalue weighted by atomic mass is 79.9. The van der Waals surface area contributed by atoms with Gasteiger partial charge in [0.2, 0.25) is 0 Å². The molecule has 2 aromatic rings. The molecule has 15 heavy (non-hydrogen) atoms. The predicted molar refractivity (Wildman–Crippen MR) is 64.5 cm³/mol. The van der Waals surface area contributed by atoms with Crippen molar-refractivity contribution in [2.24, 2.45) is 0 Å². The highest BCUT2D eigenvalue weighted by molar-refractivity contribution is 9.10. The van der Waals surface area contributed by atoms with E-state index in [-0.39, 0.29) is 5.56 Å². The van der Waals surface area contributed by atoms with Crippen LogP contribution in [0.3, 0.4) is 0 Å². The third-order valence-corrected chi connectivity index (χ3v) is 2.86. The summed E-state index contributed by atoms with van der Waals surface area (Å²) in [6.45, 7) is 1.81. The van der Waals surface area contributed by atoms with Crippen molar-refractivity contribution in [2.75, 3.05) is 0 Å². The topological polar surface area (TPSA) is 22.0 Å². The molecule has 0 spiro atoms. The van der Waals surface area contributed by atoms with Gasteiger partial charge in [0, 0.05) is 11.3 Å². The fourth-order valence-electron chi connectivity index (χ4n) is 1.43. The third-order valence-electron chi connectivity index (χ3n) is 2.24. The van der Waals surface area contributed by atoms with Gasteiger partial charge in [-0.1, -0.05) is 24.3 Å². The molecule has 76 valence electrons. The molecule has 0 saturated heterocycles. The van der Waals surface area contributed by atoms with Gasteiger partial charge in [0.15, 0.2) is 0 Å². The smallest absolute Gasteiger partial charge is 0.258 e. The van der Waals surface area contributed by atoms with Crippen LogP contribution in [-0.2, 0) is 0 Å². The second kappa shape index (κ2) is 4.03. The monoisotopic (exact) mass is 263 g/mol. The summed E-state index contributed by atoms with van der Waals surface area (Å²) in [5.74, 6) is 0. The molecule has 0 fully saturated rings. The first kappa shape index (κ1) is 10.2. The molecule has 0 amide bonds. The Morgan fingerprint density at radius 2 is 1.73 bits per heavy atom. The molecule has 1 aromatic heterocycles. The molecule has 0 aliphatic rings. The van der Waals surface area contributed by atoms with E-state index in [2.05, 4.69) is 15.9 Å². The van der Waals surface area contributed by atoms with E-state index in [9.17, 15) is 4.79 Å². The Labute approximate surface area is 96.3 Å². The van der Waals surface area contributed by atoms with Gasteiger partial charge in [0.25, 0.3) is 5.56 Å². The Morgan fingerprint density at radius 1 is 1.07 bits per heavy atom. The minimum Gasteiger partial charge on any atom is -0.271 e. The number of para-hydroxylation sites is 1. The van der Waals surface area contributed by atoms with Crippen molar-refractivity contribution in [1.29, 1.82) is 0 Å². The summed E-state index contributed by atoms with van der Waals surface area (Å²) in [5, 5.41) is 0. The van der Waals surface area contributed by atoms with E-state index in [1.165, 1.54) is 0 Å². The van der Waals surface area contributed by atoms with Crippen molar-refractivity contribution in [3.05, 3.63) is 63.0 Å². The Kier molecular flexibility index (Phi) is 2.73. The van der Waals surface area contributed by atoms with Crippen LogP contribution in [0, 0.1) is 6.92 Å². The number of hydrogen-bond donors (Lipinski definition) is 0. The maximum atomic E-state index is 11.9. The minimum atomic E-state index is 0.00979. The average Bonchev–Trinajstić information content (AvgIpc) is 2.26. The standard InChI is InChI=1S/C12H10BrNO/c1-9-7-8-11(13)14(12(9)15)10-5-3-2-4-6-10/h2-8H,1H3. The number of rotatable bonds is 1. The van der Waals surface area contributed by atoms with Crippen molar-refractivity contribution < 1.29 is 0 Å². The number of aromatic nitrogens is 1. The number of hydrogen-bond acceptors (Lipinski definition) is 1. The summed E-state index contributed by atoms with van der Waals surface area (Å²) < 4.78 is 2.42. The number of nitrogens with zero attached hydrogens (tertiary/aromatic N) is 1. The maximum absolute atomic E-state index is 11.9. The molecule has 1 aromatic carbocycles. The molecule has 0 aliphatic carbocycles. The van der Waals surface area contributed by atoms with Crippen molar-refractivity contribution >= 4 is 15.9 Å². The van der Waals surface area contributed by atoms with Gasteiger partial charge in [0.05, 0.1) is 4.60 Å². The van der Waals surface area contributed by atoms with E-state index in [1.54, 1.807) is 4.57 Å². The predicted octanol–water partition coefficient (Wildman–Crippen LogP) is 2.91. The van der Waals surface area contributed by atoms with Gasteiger partial charge < -0.3 is 0 Å². The van der Waals surface area contributed by atoms with E-state index in [1.807, 2.05) is 49.4 Å². The lowest BCUT2D eigenvalue weighted by atomic mass is 10.2. The normalized spacial score (nSPS) is 10.3. The largest absolute Gasteiger partial charge is 0.271 e. The zero-order valence-electron chi connectivity index (χ0n) is 8.27. The molecule has 0 N–H and O–H groups in total. The quantitative estimate of drug-likeness (QED) is 0.726. The van der Waals surface area contributed by atoms with Crippen LogP contribution in [0.25, 0.3) is 5.69 Å². The van der Waals surface area contributed by atoms with Gasteiger partial charge in [-0.05, 0) is 41.1 Å². The van der Waals surface area contributed by atoms with Crippen LogP contribution in [0.4, 0.5) is 0 Å². The van der Waals surface area contributed by atoms with Crippen LogP contribution in [0.5, 0.6) is 0 Å². The van der Waals surface area contributed by atoms with Gasteiger partial charge in [-0.15, -0.1) is 0 Å². The van der Waals surface area contributed by atoms with Crippen LogP contribution >= 0.6 is 15.9 Å². The number of benzene rings is 1. The molecule has 2 nitrogen and oxygen atoms in total. The van der Waals surface area contributed by atoms with E-state index >= 15 is 0 Å². The lowest BCUT2D eigenvalue weighted by Crippen LogP contribution is -2.20. The molecule has 0 atom stereocenters. The van der Waals surface area contributed by atoms with Gasteiger partial charge in [-0.25, -0.2) is 0 Å². The zero-order valence-corrected chi connectivity index (χ0v) is 9.86. The zero-order chi connectivity index (χ0) is 10.8. The second-order valence-corrected chi connectivity index (χ2v) is 4.13. The Bertz CT molecular complexity index is 531. The van der Waals surface area contributed by atoms with Crippen molar-refractivity contribution in [3.63, 3.8) is 0 Å². The Morgan fingerprint density at radius 3 is 2.40 bits per heavy atom. The summed E-state index contributed by atoms with van der Waals surface area (Å²) in [4.78, 5) is 11.9. The van der Waals surface area contributed by atoms with Gasteiger partial charge in [-0.2, -0.15) is 0 Å². The summed E-state index contributed by atoms with van der Waals surface area (Å²) >= 11 is 3.38. The van der Waals surface area contributed by atoms with Gasteiger partial charge in [-0.3, -0.25) is 9.36 Å². The van der Waals surface area contributed by atoms with Crippen LogP contribution in [-0.4, -0.2) is 4.57 Å². The lowest BCUT2D eigenvalue weighted by molar-refractivity contribution is 0.942. The molecular weight excluding hydrogens is 254 g/mol. The fraction of sp³-hybridized carbons (Fsp3) is 0.0833. The Hall–Kier alpha value is -1.35. The maximum Gasteiger partial charge on any atom is 0.258 e. The van der Waals surface area contributed by atoms with Crippen molar-refractivity contribution in [1.82, 2.24) is 4.57 Å². The number of aryl methyl sites for hydroxylation is 1. The molecular formula is C12H10BrNO. The number of pyridine rings is 1. The van der Waals surface area contributed by atoms with Crippen LogP contribution in [0.2, 0.25) is 0 Å². The number of halogens is 1. The van der Waals surface area contributed by atoms with Crippen molar-refractivity contribution in [3.8, 4) is 5.69 Å². The van der Waals surface area contributed by atoms with Crippen LogP contribution in [0.15, 0.2) is 51.9 Å². The fourth-order valence-corrected chi connectivity index (χ4v) is 1.93. The van der Waals surface area contributed by atoms with E-state index in [4.69, 9.17) is 0 Å². The van der Waals surface area contributed by atoms with Crippen molar-refractivity contribution in [2.45, 2.75) is 6.92 Å². The van der Waals surface area contributed by atoms with E-state index in [0.717, 1.165) is 15.9 Å². The molecule has 0 unspecified atom stereocenters. The first-order valence-electron chi connectivity index (χ1n) is 4.64. The van der Waals surface area contributed by atoms with Gasteiger partial charge >= 0.3 is 0 Å². The second-order valence-electron chi connectivity index (χ2n) is 3.32. The van der Waals surface area contributed by atoms with Crippen LogP contribution in [0.1, 0.15) is 5.56 Å². The first-order valence-corrected chi connectivity index (χ1v) is 5.43. The molecule has 0 aliphatic heterocycles. The highest BCUT2D eigenvalue weighted by Crippen LogP contribution is 2.14. The molecule has 1 heterocycles. The molecule has 3 heteroatoms. The lowest BCUT2D eigenvalue weighted by Gasteiger charge is -2.08. The van der Waals surface area contributed by atoms with E-state index < -0.39 is 0 Å². The molecule has 0 radical (unpaired) electrons. The SMILES string of the molecule is Cc1ccc(Br)n(-c2ccccc2)c1=O. The Balaban J connectivity index is 2.73.